The lowest BCUT2D eigenvalue weighted by Crippen LogP contribution is -1.85. The first kappa shape index (κ1) is 7.25. The molecule has 14 heavy (non-hydrogen) atoms. The highest BCUT2D eigenvalue weighted by atomic mass is 16.3. The summed E-state index contributed by atoms with van der Waals surface area (Å²) in [7, 11) is 0. The molecule has 0 fully saturated rings. The van der Waals surface area contributed by atoms with Crippen molar-refractivity contribution in [1.82, 2.24) is 19.9 Å². The van der Waals surface area contributed by atoms with Gasteiger partial charge in [0.2, 0.25) is 5.88 Å². The van der Waals surface area contributed by atoms with Crippen LogP contribution in [0.25, 0.3) is 22.1 Å². The zero-order valence-electron chi connectivity index (χ0n) is 7.10. The van der Waals surface area contributed by atoms with Crippen LogP contribution < -0.4 is 0 Å². The highest BCUT2D eigenvalue weighted by molar-refractivity contribution is 6.01. The Morgan fingerprint density at radius 1 is 1.21 bits per heavy atom. The predicted octanol–water partition coefficient (Wildman–Crippen LogP) is 1.21. The molecule has 0 saturated heterocycles. The number of rotatable bonds is 0. The van der Waals surface area contributed by atoms with Gasteiger partial charge in [-0.15, -0.1) is 0 Å². The molecule has 0 aromatic carbocycles. The van der Waals surface area contributed by atoms with E-state index in [-0.39, 0.29) is 5.88 Å². The topological polar surface area (TPSA) is 74.7 Å². The van der Waals surface area contributed by atoms with E-state index in [1.807, 2.05) is 0 Å². The molecule has 0 spiro atoms. The van der Waals surface area contributed by atoms with Gasteiger partial charge in [-0.3, -0.25) is 4.98 Å². The fourth-order valence-corrected chi connectivity index (χ4v) is 1.49. The quantitative estimate of drug-likeness (QED) is 0.553. The first-order valence-corrected chi connectivity index (χ1v) is 4.13. The molecule has 5 nitrogen and oxygen atoms in total. The van der Waals surface area contributed by atoms with E-state index in [1.165, 1.54) is 6.33 Å². The van der Waals surface area contributed by atoms with Crippen molar-refractivity contribution in [3.63, 3.8) is 0 Å². The number of aromatic nitrogens is 4. The van der Waals surface area contributed by atoms with Crippen LogP contribution in [0.2, 0.25) is 0 Å². The number of aromatic hydroxyl groups is 1. The molecule has 0 aliphatic heterocycles. The molecule has 3 aromatic rings. The zero-order valence-corrected chi connectivity index (χ0v) is 7.10. The molecule has 0 atom stereocenters. The molecule has 68 valence electrons. The maximum atomic E-state index is 9.54. The number of hydrogen-bond donors (Lipinski definition) is 2. The summed E-state index contributed by atoms with van der Waals surface area (Å²) < 4.78 is 0. The van der Waals surface area contributed by atoms with Crippen LogP contribution in [0.3, 0.4) is 0 Å². The molecule has 0 aliphatic rings. The van der Waals surface area contributed by atoms with E-state index >= 15 is 0 Å². The van der Waals surface area contributed by atoms with Crippen molar-refractivity contribution in [2.75, 3.05) is 0 Å². The molecule has 3 aromatic heterocycles. The Morgan fingerprint density at radius 3 is 3.07 bits per heavy atom. The lowest BCUT2D eigenvalue weighted by molar-refractivity contribution is 0.461. The minimum atomic E-state index is -0.0678. The monoisotopic (exact) mass is 186 g/mol. The number of nitrogens with one attached hydrogen (secondary N) is 1. The third kappa shape index (κ3) is 0.806. The average molecular weight is 186 g/mol. The summed E-state index contributed by atoms with van der Waals surface area (Å²) in [4.78, 5) is 15.1. The largest absolute Gasteiger partial charge is 0.492 e. The van der Waals surface area contributed by atoms with E-state index in [4.69, 9.17) is 0 Å². The number of pyridine rings is 2. The maximum Gasteiger partial charge on any atom is 0.240 e. The Kier molecular flexibility index (Phi) is 1.25. The molecule has 3 rings (SSSR count). The second kappa shape index (κ2) is 2.41. The number of hydrogen-bond acceptors (Lipinski definition) is 4. The molecular weight excluding hydrogens is 180 g/mol. The van der Waals surface area contributed by atoms with Crippen molar-refractivity contribution >= 4 is 22.1 Å². The van der Waals surface area contributed by atoms with Crippen molar-refractivity contribution in [3.05, 3.63) is 24.7 Å². The average Bonchev–Trinajstić information content (AvgIpc) is 2.67. The van der Waals surface area contributed by atoms with Gasteiger partial charge in [0, 0.05) is 6.20 Å². The molecule has 0 amide bonds. The molecule has 0 unspecified atom stereocenters. The number of nitrogens with zero attached hydrogens (tertiary/aromatic N) is 3. The summed E-state index contributed by atoms with van der Waals surface area (Å²) in [5.74, 6) is -0.0678. The van der Waals surface area contributed by atoms with E-state index in [0.717, 1.165) is 5.52 Å². The lowest BCUT2D eigenvalue weighted by atomic mass is 10.3. The Balaban J connectivity index is 2.66. The highest BCUT2D eigenvalue weighted by Crippen LogP contribution is 2.24. The first-order valence-electron chi connectivity index (χ1n) is 4.13. The Morgan fingerprint density at radius 2 is 2.14 bits per heavy atom. The Bertz CT molecular complexity index is 616. The molecule has 0 bridgehead atoms. The maximum absolute atomic E-state index is 9.54. The molecule has 0 saturated carbocycles. The van der Waals surface area contributed by atoms with E-state index in [0.29, 0.717) is 16.6 Å². The Hall–Kier alpha value is -2.17. The van der Waals surface area contributed by atoms with E-state index in [1.54, 1.807) is 18.3 Å². The van der Waals surface area contributed by atoms with Gasteiger partial charge in [0.15, 0.2) is 5.52 Å². The van der Waals surface area contributed by atoms with Gasteiger partial charge < -0.3 is 10.1 Å². The van der Waals surface area contributed by atoms with Gasteiger partial charge in [0.25, 0.3) is 0 Å². The summed E-state index contributed by atoms with van der Waals surface area (Å²) in [6.45, 7) is 0. The molecule has 3 heterocycles. The second-order valence-electron chi connectivity index (χ2n) is 2.93. The summed E-state index contributed by atoms with van der Waals surface area (Å²) in [5, 5.41) is 9.54. The smallest absolute Gasteiger partial charge is 0.240 e. The fraction of sp³-hybridized carbons (Fsp3) is 0. The van der Waals surface area contributed by atoms with Gasteiger partial charge in [0.05, 0.1) is 17.4 Å². The molecule has 0 radical (unpaired) electrons. The van der Waals surface area contributed by atoms with Crippen LogP contribution in [-0.4, -0.2) is 25.0 Å². The van der Waals surface area contributed by atoms with Crippen LogP contribution in [0, 0.1) is 0 Å². The van der Waals surface area contributed by atoms with Crippen molar-refractivity contribution in [3.8, 4) is 5.88 Å². The first-order chi connectivity index (χ1) is 6.86. The molecule has 5 heteroatoms. The summed E-state index contributed by atoms with van der Waals surface area (Å²) >= 11 is 0. The van der Waals surface area contributed by atoms with Gasteiger partial charge in [-0.2, -0.15) is 0 Å². The van der Waals surface area contributed by atoms with E-state index in [9.17, 15) is 5.11 Å². The molecule has 2 N–H and O–H groups in total. The molecular formula is C9H6N4O. The Labute approximate surface area is 78.5 Å². The van der Waals surface area contributed by atoms with Crippen LogP contribution in [0.4, 0.5) is 0 Å². The number of fused-ring (bicyclic) bond motifs is 3. The van der Waals surface area contributed by atoms with Gasteiger partial charge >= 0.3 is 0 Å². The van der Waals surface area contributed by atoms with Gasteiger partial charge in [-0.25, -0.2) is 9.97 Å². The number of aromatic amines is 1. The number of H-pyrrole nitrogens is 1. The van der Waals surface area contributed by atoms with Crippen LogP contribution in [0.15, 0.2) is 24.7 Å². The predicted molar refractivity (Wildman–Crippen MR) is 50.9 cm³/mol. The van der Waals surface area contributed by atoms with Crippen LogP contribution in [-0.2, 0) is 0 Å². The highest BCUT2D eigenvalue weighted by Gasteiger charge is 2.09. The van der Waals surface area contributed by atoms with Gasteiger partial charge in [-0.05, 0) is 12.1 Å². The lowest BCUT2D eigenvalue weighted by Gasteiger charge is -1.98. The normalized spacial score (nSPS) is 11.1. The zero-order chi connectivity index (χ0) is 9.54. The van der Waals surface area contributed by atoms with Crippen molar-refractivity contribution < 1.29 is 5.11 Å². The SMILES string of the molecule is Oc1nc2cccnc2c2[nH]cnc12. The summed E-state index contributed by atoms with van der Waals surface area (Å²) in [5.41, 5.74) is 2.55. The van der Waals surface area contributed by atoms with Gasteiger partial charge in [0.1, 0.15) is 5.52 Å². The summed E-state index contributed by atoms with van der Waals surface area (Å²) in [6, 6.07) is 3.57. The number of imidazole rings is 1. The molecule has 0 aliphatic carbocycles. The van der Waals surface area contributed by atoms with Crippen molar-refractivity contribution in [1.29, 1.82) is 0 Å². The third-order valence-electron chi connectivity index (χ3n) is 2.10. The van der Waals surface area contributed by atoms with Crippen LogP contribution in [0.1, 0.15) is 0 Å². The van der Waals surface area contributed by atoms with Crippen molar-refractivity contribution in [2.24, 2.45) is 0 Å². The van der Waals surface area contributed by atoms with E-state index < -0.39 is 0 Å². The van der Waals surface area contributed by atoms with E-state index in [2.05, 4.69) is 19.9 Å². The van der Waals surface area contributed by atoms with Crippen LogP contribution >= 0.6 is 0 Å². The second-order valence-corrected chi connectivity index (χ2v) is 2.93. The standard InChI is InChI=1S/C9H6N4O/c14-9-8-7(11-4-12-8)6-5(13-9)2-1-3-10-6/h1-4H,(H,11,12)(H,13,14). The fourth-order valence-electron chi connectivity index (χ4n) is 1.49. The van der Waals surface area contributed by atoms with Crippen LogP contribution in [0.5, 0.6) is 5.88 Å². The summed E-state index contributed by atoms with van der Waals surface area (Å²) in [6.07, 6.45) is 3.20. The minimum Gasteiger partial charge on any atom is -0.492 e. The van der Waals surface area contributed by atoms with Gasteiger partial charge in [-0.1, -0.05) is 0 Å². The van der Waals surface area contributed by atoms with Crippen molar-refractivity contribution in [2.45, 2.75) is 0 Å². The third-order valence-corrected chi connectivity index (χ3v) is 2.10. The minimum absolute atomic E-state index is 0.0678.